The van der Waals surface area contributed by atoms with Crippen LogP contribution in [0.3, 0.4) is 0 Å². The van der Waals surface area contributed by atoms with E-state index in [1.54, 1.807) is 0 Å². The summed E-state index contributed by atoms with van der Waals surface area (Å²) in [5.74, 6) is -0.0183. The Morgan fingerprint density at radius 2 is 1.44 bits per heavy atom. The molecule has 1 aliphatic carbocycles. The summed E-state index contributed by atoms with van der Waals surface area (Å²) >= 11 is 0. The standard InChI is InChI=1S/C18H29N3O4/c1-2-25-17(23)14-7-9-20(10-8-14)16(22)13-5-11-21(12-6-13)18(24)19-15-3-4-15/h13-15H,2-12H2,1H3,(H,19,24). The van der Waals surface area contributed by atoms with Gasteiger partial charge in [0.15, 0.2) is 0 Å². The van der Waals surface area contributed by atoms with Crippen molar-refractivity contribution in [1.29, 1.82) is 0 Å². The molecule has 3 rings (SSSR count). The quantitative estimate of drug-likeness (QED) is 0.776. The van der Waals surface area contributed by atoms with Crippen LogP contribution in [0.2, 0.25) is 0 Å². The van der Waals surface area contributed by atoms with E-state index in [-0.39, 0.29) is 29.7 Å². The van der Waals surface area contributed by atoms with E-state index in [1.165, 1.54) is 0 Å². The number of carbonyl (C=O) groups is 3. The molecule has 140 valence electrons. The van der Waals surface area contributed by atoms with Crippen LogP contribution in [0.1, 0.15) is 45.4 Å². The number of rotatable bonds is 4. The normalized spacial score (nSPS) is 22.6. The van der Waals surface area contributed by atoms with Crippen LogP contribution in [0.4, 0.5) is 4.79 Å². The Bertz CT molecular complexity index is 504. The molecule has 3 fully saturated rings. The molecule has 25 heavy (non-hydrogen) atoms. The lowest BCUT2D eigenvalue weighted by Crippen LogP contribution is -2.49. The molecule has 0 bridgehead atoms. The second kappa shape index (κ2) is 8.06. The average molecular weight is 351 g/mol. The molecule has 2 aliphatic heterocycles. The summed E-state index contributed by atoms with van der Waals surface area (Å²) in [5, 5.41) is 3.00. The van der Waals surface area contributed by atoms with Gasteiger partial charge in [0.1, 0.15) is 0 Å². The van der Waals surface area contributed by atoms with Gasteiger partial charge < -0.3 is 19.9 Å². The number of nitrogens with one attached hydrogen (secondary N) is 1. The average Bonchev–Trinajstić information content (AvgIpc) is 3.45. The number of hydrogen-bond donors (Lipinski definition) is 1. The van der Waals surface area contributed by atoms with E-state index in [9.17, 15) is 14.4 Å². The fraction of sp³-hybridized carbons (Fsp3) is 0.833. The van der Waals surface area contributed by atoms with E-state index < -0.39 is 0 Å². The molecule has 0 spiro atoms. The highest BCUT2D eigenvalue weighted by Gasteiger charge is 2.34. The van der Waals surface area contributed by atoms with Gasteiger partial charge in [0.05, 0.1) is 12.5 Å². The van der Waals surface area contributed by atoms with Gasteiger partial charge in [0, 0.05) is 38.1 Å². The minimum Gasteiger partial charge on any atom is -0.466 e. The fourth-order valence-electron chi connectivity index (χ4n) is 3.68. The number of carbonyl (C=O) groups excluding carboxylic acids is 3. The van der Waals surface area contributed by atoms with Crippen LogP contribution in [0.5, 0.6) is 0 Å². The van der Waals surface area contributed by atoms with Crippen molar-refractivity contribution in [3.05, 3.63) is 0 Å². The molecule has 2 saturated heterocycles. The zero-order chi connectivity index (χ0) is 17.8. The van der Waals surface area contributed by atoms with E-state index in [1.807, 2.05) is 16.7 Å². The van der Waals surface area contributed by atoms with Crippen molar-refractivity contribution in [3.8, 4) is 0 Å². The van der Waals surface area contributed by atoms with Crippen molar-refractivity contribution in [2.45, 2.75) is 51.5 Å². The molecule has 1 saturated carbocycles. The summed E-state index contributed by atoms with van der Waals surface area (Å²) in [6, 6.07) is 0.385. The van der Waals surface area contributed by atoms with Crippen LogP contribution in [-0.4, -0.2) is 66.5 Å². The number of hydrogen-bond acceptors (Lipinski definition) is 4. The predicted octanol–water partition coefficient (Wildman–Crippen LogP) is 1.37. The summed E-state index contributed by atoms with van der Waals surface area (Å²) in [5.41, 5.74) is 0. The number of urea groups is 1. The van der Waals surface area contributed by atoms with Crippen molar-refractivity contribution < 1.29 is 19.1 Å². The zero-order valence-corrected chi connectivity index (χ0v) is 15.0. The smallest absolute Gasteiger partial charge is 0.317 e. The second-order valence-electron chi connectivity index (χ2n) is 7.34. The first-order chi connectivity index (χ1) is 12.1. The van der Waals surface area contributed by atoms with E-state index in [0.717, 1.165) is 25.7 Å². The Morgan fingerprint density at radius 3 is 2.00 bits per heavy atom. The summed E-state index contributed by atoms with van der Waals surface area (Å²) in [6.07, 6.45) is 5.01. The lowest BCUT2D eigenvalue weighted by Gasteiger charge is -2.36. The van der Waals surface area contributed by atoms with E-state index in [2.05, 4.69) is 5.32 Å². The molecule has 0 aromatic carbocycles. The van der Waals surface area contributed by atoms with Crippen molar-refractivity contribution in [2.75, 3.05) is 32.8 Å². The van der Waals surface area contributed by atoms with Crippen molar-refractivity contribution >= 4 is 17.9 Å². The molecule has 1 N–H and O–H groups in total. The van der Waals surface area contributed by atoms with Crippen LogP contribution in [0.25, 0.3) is 0 Å². The van der Waals surface area contributed by atoms with Crippen LogP contribution >= 0.6 is 0 Å². The highest BCUT2D eigenvalue weighted by molar-refractivity contribution is 5.80. The van der Waals surface area contributed by atoms with Crippen molar-refractivity contribution in [2.24, 2.45) is 11.8 Å². The Kier molecular flexibility index (Phi) is 5.81. The maximum Gasteiger partial charge on any atom is 0.317 e. The molecule has 0 atom stereocenters. The van der Waals surface area contributed by atoms with Gasteiger partial charge in [0.25, 0.3) is 0 Å². The lowest BCUT2D eigenvalue weighted by atomic mass is 9.92. The Morgan fingerprint density at radius 1 is 0.880 bits per heavy atom. The third kappa shape index (κ3) is 4.64. The van der Waals surface area contributed by atoms with Gasteiger partial charge in [-0.25, -0.2) is 4.79 Å². The minimum absolute atomic E-state index is 0.00381. The second-order valence-corrected chi connectivity index (χ2v) is 7.34. The SMILES string of the molecule is CCOC(=O)C1CCN(C(=O)C2CCN(C(=O)NC3CC3)CC2)CC1. The highest BCUT2D eigenvalue weighted by atomic mass is 16.5. The van der Waals surface area contributed by atoms with Gasteiger partial charge in [-0.15, -0.1) is 0 Å². The van der Waals surface area contributed by atoms with Crippen molar-refractivity contribution in [3.63, 3.8) is 0 Å². The summed E-state index contributed by atoms with van der Waals surface area (Å²) < 4.78 is 5.07. The number of amides is 3. The third-order valence-corrected chi connectivity index (χ3v) is 5.46. The molecule has 7 nitrogen and oxygen atoms in total. The maximum atomic E-state index is 12.7. The fourth-order valence-corrected chi connectivity index (χ4v) is 3.68. The Balaban J connectivity index is 1.40. The number of esters is 1. The van der Waals surface area contributed by atoms with Crippen LogP contribution < -0.4 is 5.32 Å². The first-order valence-electron chi connectivity index (χ1n) is 9.59. The Labute approximate surface area is 149 Å². The molecular weight excluding hydrogens is 322 g/mol. The van der Waals surface area contributed by atoms with Gasteiger partial charge in [-0.1, -0.05) is 0 Å². The van der Waals surface area contributed by atoms with Gasteiger partial charge in [-0.3, -0.25) is 9.59 Å². The summed E-state index contributed by atoms with van der Waals surface area (Å²) in [4.78, 5) is 40.3. The first-order valence-corrected chi connectivity index (χ1v) is 9.59. The molecule has 0 radical (unpaired) electrons. The van der Waals surface area contributed by atoms with E-state index >= 15 is 0 Å². The zero-order valence-electron chi connectivity index (χ0n) is 15.0. The summed E-state index contributed by atoms with van der Waals surface area (Å²) in [7, 11) is 0. The molecule has 7 heteroatoms. The largest absolute Gasteiger partial charge is 0.466 e. The molecule has 0 unspecified atom stereocenters. The highest BCUT2D eigenvalue weighted by Crippen LogP contribution is 2.25. The number of piperidine rings is 2. The van der Waals surface area contributed by atoms with Crippen LogP contribution in [0, 0.1) is 11.8 Å². The van der Waals surface area contributed by atoms with E-state index in [4.69, 9.17) is 4.74 Å². The third-order valence-electron chi connectivity index (χ3n) is 5.46. The number of likely N-dealkylation sites (tertiary alicyclic amines) is 2. The van der Waals surface area contributed by atoms with E-state index in [0.29, 0.717) is 51.7 Å². The Hall–Kier alpha value is -1.79. The van der Waals surface area contributed by atoms with Crippen LogP contribution in [0.15, 0.2) is 0 Å². The number of ether oxygens (including phenoxy) is 1. The first kappa shape index (κ1) is 18.0. The van der Waals surface area contributed by atoms with Gasteiger partial charge in [0.2, 0.25) is 5.91 Å². The topological polar surface area (TPSA) is 79.0 Å². The van der Waals surface area contributed by atoms with Gasteiger partial charge >= 0.3 is 12.0 Å². The molecule has 2 heterocycles. The lowest BCUT2D eigenvalue weighted by molar-refractivity contribution is -0.152. The number of nitrogens with zero attached hydrogens (tertiary/aromatic N) is 2. The molecule has 0 aromatic rings. The van der Waals surface area contributed by atoms with Gasteiger partial charge in [-0.05, 0) is 45.4 Å². The monoisotopic (exact) mass is 351 g/mol. The van der Waals surface area contributed by atoms with Crippen molar-refractivity contribution in [1.82, 2.24) is 15.1 Å². The maximum absolute atomic E-state index is 12.7. The molecular formula is C18H29N3O4. The predicted molar refractivity (Wildman–Crippen MR) is 91.8 cm³/mol. The molecule has 3 amide bonds. The summed E-state index contributed by atoms with van der Waals surface area (Å²) in [6.45, 7) is 4.77. The molecule has 0 aromatic heterocycles. The van der Waals surface area contributed by atoms with Gasteiger partial charge in [-0.2, -0.15) is 0 Å². The molecule has 3 aliphatic rings. The minimum atomic E-state index is -0.135. The van der Waals surface area contributed by atoms with Crippen LogP contribution in [-0.2, 0) is 14.3 Å².